The lowest BCUT2D eigenvalue weighted by Crippen LogP contribution is -2.42. The van der Waals surface area contributed by atoms with Gasteiger partial charge in [-0.05, 0) is 19.3 Å². The number of allylic oxidation sites excluding steroid dienone is 2. The Bertz CT molecular complexity index is 391. The average Bonchev–Trinajstić information content (AvgIpc) is 2.36. The number of halogens is 1. The minimum atomic E-state index is -0.608. The van der Waals surface area contributed by atoms with E-state index in [-0.39, 0.29) is 18.3 Å². The van der Waals surface area contributed by atoms with Crippen LogP contribution < -0.4 is 11.1 Å². The molecule has 1 aliphatic carbocycles. The van der Waals surface area contributed by atoms with Gasteiger partial charge in [-0.2, -0.15) is 0 Å². The van der Waals surface area contributed by atoms with Crippen LogP contribution in [-0.4, -0.2) is 18.4 Å². The third kappa shape index (κ3) is 4.39. The van der Waals surface area contributed by atoms with Crippen molar-refractivity contribution in [3.05, 3.63) is 23.8 Å². The number of nitrogens with two attached hydrogens (primary N) is 1. The molecule has 0 saturated heterocycles. The minimum absolute atomic E-state index is 0. The Hall–Kier alpha value is -1.29. The summed E-state index contributed by atoms with van der Waals surface area (Å²) >= 11 is 0. The summed E-state index contributed by atoms with van der Waals surface area (Å²) in [6.45, 7) is 4.71. The first-order valence-electron chi connectivity index (χ1n) is 6.52. The number of amides is 2. The predicted molar refractivity (Wildman–Crippen MR) is 78.9 cm³/mol. The lowest BCUT2D eigenvalue weighted by molar-refractivity contribution is -0.129. The molecule has 0 aromatic carbocycles. The normalized spacial score (nSPS) is 21.3. The van der Waals surface area contributed by atoms with Gasteiger partial charge in [0.25, 0.3) is 0 Å². The van der Waals surface area contributed by atoms with Crippen LogP contribution in [0.25, 0.3) is 0 Å². The van der Waals surface area contributed by atoms with Crippen molar-refractivity contribution in [3.63, 3.8) is 0 Å². The molecule has 0 aromatic rings. The van der Waals surface area contributed by atoms with Crippen molar-refractivity contribution in [2.24, 2.45) is 11.1 Å². The molecule has 1 atom stereocenters. The van der Waals surface area contributed by atoms with Gasteiger partial charge in [0.15, 0.2) is 0 Å². The molecule has 0 heterocycles. The quantitative estimate of drug-likeness (QED) is 0.785. The highest BCUT2D eigenvalue weighted by atomic mass is 35.5. The summed E-state index contributed by atoms with van der Waals surface area (Å²) in [4.78, 5) is 23.6. The van der Waals surface area contributed by atoms with Gasteiger partial charge in [-0.15, -0.1) is 12.4 Å². The fourth-order valence-corrected chi connectivity index (χ4v) is 2.28. The Labute approximate surface area is 120 Å². The zero-order chi connectivity index (χ0) is 13.6. The zero-order valence-corrected chi connectivity index (χ0v) is 12.4. The summed E-state index contributed by atoms with van der Waals surface area (Å²) in [5, 5.41) is 2.92. The first kappa shape index (κ1) is 17.7. The first-order chi connectivity index (χ1) is 8.55. The van der Waals surface area contributed by atoms with Crippen LogP contribution in [0.4, 0.5) is 0 Å². The molecule has 0 aliphatic heterocycles. The third-order valence-electron chi connectivity index (χ3n) is 3.22. The molecule has 1 aliphatic rings. The summed E-state index contributed by atoms with van der Waals surface area (Å²) in [7, 11) is 0. The predicted octanol–water partition coefficient (Wildman–Crippen LogP) is 2.09. The van der Waals surface area contributed by atoms with Crippen LogP contribution in [0.5, 0.6) is 0 Å². The van der Waals surface area contributed by atoms with E-state index in [4.69, 9.17) is 5.73 Å². The van der Waals surface area contributed by atoms with E-state index in [1.54, 1.807) is 12.2 Å². The van der Waals surface area contributed by atoms with Crippen LogP contribution in [0.3, 0.4) is 0 Å². The molecule has 0 bridgehead atoms. The van der Waals surface area contributed by atoms with E-state index in [2.05, 4.69) is 5.32 Å². The maximum atomic E-state index is 12.3. The number of nitrogens with one attached hydrogen (secondary N) is 1. The van der Waals surface area contributed by atoms with Crippen LogP contribution in [0.1, 0.15) is 39.5 Å². The molecular weight excluding hydrogens is 264 g/mol. The van der Waals surface area contributed by atoms with Gasteiger partial charge in [0.2, 0.25) is 11.8 Å². The third-order valence-corrected chi connectivity index (χ3v) is 3.22. The molecule has 1 unspecified atom stereocenters. The van der Waals surface area contributed by atoms with E-state index < -0.39 is 11.3 Å². The van der Waals surface area contributed by atoms with E-state index in [0.29, 0.717) is 18.5 Å². The van der Waals surface area contributed by atoms with Gasteiger partial charge in [0, 0.05) is 12.1 Å². The van der Waals surface area contributed by atoms with E-state index in [0.717, 1.165) is 19.3 Å². The second-order valence-electron chi connectivity index (χ2n) is 4.75. The van der Waals surface area contributed by atoms with Crippen molar-refractivity contribution in [3.8, 4) is 0 Å². The van der Waals surface area contributed by atoms with Crippen molar-refractivity contribution in [1.29, 1.82) is 0 Å². The fourth-order valence-electron chi connectivity index (χ4n) is 2.28. The molecular formula is C14H23ClN2O2. The lowest BCUT2D eigenvalue weighted by atomic mass is 9.74. The first-order valence-corrected chi connectivity index (χ1v) is 6.52. The Kier molecular flexibility index (Phi) is 7.45. The summed E-state index contributed by atoms with van der Waals surface area (Å²) in [6.07, 6.45) is 8.28. The molecule has 0 fully saturated rings. The largest absolute Gasteiger partial charge is 0.366 e. The summed E-state index contributed by atoms with van der Waals surface area (Å²) in [5.41, 5.74) is 5.23. The topological polar surface area (TPSA) is 72.2 Å². The summed E-state index contributed by atoms with van der Waals surface area (Å²) < 4.78 is 0. The van der Waals surface area contributed by atoms with Crippen molar-refractivity contribution in [1.82, 2.24) is 5.32 Å². The molecule has 0 radical (unpaired) electrons. The number of hydrogen-bond acceptors (Lipinski definition) is 2. The Morgan fingerprint density at radius 3 is 2.58 bits per heavy atom. The van der Waals surface area contributed by atoms with Gasteiger partial charge in [0.1, 0.15) is 0 Å². The lowest BCUT2D eigenvalue weighted by Gasteiger charge is -2.31. The summed E-state index contributed by atoms with van der Waals surface area (Å²) in [6, 6.07) is 0. The molecule has 108 valence electrons. The highest BCUT2D eigenvalue weighted by Crippen LogP contribution is 2.36. The van der Waals surface area contributed by atoms with E-state index in [1.807, 2.05) is 19.9 Å². The molecule has 5 heteroatoms. The number of carbonyl (C=O) groups is 2. The van der Waals surface area contributed by atoms with Gasteiger partial charge in [-0.25, -0.2) is 0 Å². The van der Waals surface area contributed by atoms with Crippen molar-refractivity contribution in [2.45, 2.75) is 39.5 Å². The van der Waals surface area contributed by atoms with Crippen molar-refractivity contribution < 1.29 is 9.59 Å². The number of carbonyl (C=O) groups excluding carboxylic acids is 2. The van der Waals surface area contributed by atoms with Crippen LogP contribution in [0.2, 0.25) is 0 Å². The number of rotatable bonds is 6. The highest BCUT2D eigenvalue weighted by Gasteiger charge is 2.37. The fraction of sp³-hybridized carbons (Fsp3) is 0.571. The van der Waals surface area contributed by atoms with Crippen molar-refractivity contribution >= 4 is 24.2 Å². The Morgan fingerprint density at radius 2 is 2.05 bits per heavy atom. The molecule has 2 amide bonds. The average molecular weight is 287 g/mol. The van der Waals surface area contributed by atoms with Gasteiger partial charge in [-0.1, -0.05) is 38.5 Å². The monoisotopic (exact) mass is 286 g/mol. The van der Waals surface area contributed by atoms with Gasteiger partial charge < -0.3 is 11.1 Å². The maximum Gasteiger partial charge on any atom is 0.244 e. The number of primary amides is 1. The Balaban J connectivity index is 0.00000324. The van der Waals surface area contributed by atoms with E-state index >= 15 is 0 Å². The van der Waals surface area contributed by atoms with Crippen molar-refractivity contribution in [2.75, 3.05) is 6.54 Å². The van der Waals surface area contributed by atoms with Crippen LogP contribution in [0.15, 0.2) is 23.8 Å². The Morgan fingerprint density at radius 1 is 1.37 bits per heavy atom. The molecule has 4 nitrogen and oxygen atoms in total. The molecule has 3 N–H and O–H groups in total. The highest BCUT2D eigenvalue weighted by molar-refractivity contribution is 5.95. The molecule has 19 heavy (non-hydrogen) atoms. The van der Waals surface area contributed by atoms with Gasteiger partial charge in [0.05, 0.1) is 5.41 Å². The van der Waals surface area contributed by atoms with Gasteiger partial charge >= 0.3 is 0 Å². The summed E-state index contributed by atoms with van der Waals surface area (Å²) in [5.74, 6) is -0.447. The maximum absolute atomic E-state index is 12.3. The minimum Gasteiger partial charge on any atom is -0.366 e. The number of hydrogen-bond donors (Lipinski definition) is 2. The molecule has 0 saturated carbocycles. The molecule has 0 aromatic heterocycles. The van der Waals surface area contributed by atoms with E-state index in [9.17, 15) is 9.59 Å². The second-order valence-corrected chi connectivity index (χ2v) is 4.75. The molecule has 0 spiro atoms. The molecule has 1 rings (SSSR count). The van der Waals surface area contributed by atoms with Crippen LogP contribution in [-0.2, 0) is 9.59 Å². The smallest absolute Gasteiger partial charge is 0.244 e. The van der Waals surface area contributed by atoms with E-state index in [1.165, 1.54) is 0 Å². The SMILES string of the molecule is CCCNC(=O)C1(CCC)C=CC=C(C(N)=O)C1.Cl. The van der Waals surface area contributed by atoms with Gasteiger partial charge in [-0.3, -0.25) is 9.59 Å². The van der Waals surface area contributed by atoms with Crippen LogP contribution in [0, 0.1) is 5.41 Å². The van der Waals surface area contributed by atoms with Crippen LogP contribution >= 0.6 is 12.4 Å². The second kappa shape index (κ2) is 8.00. The zero-order valence-electron chi connectivity index (χ0n) is 11.6. The standard InChI is InChI=1S/C14H22N2O2.ClH/c1-3-7-14(13(18)16-9-4-2)8-5-6-11(10-14)12(15)17;/h5-6,8H,3-4,7,9-10H2,1-2H3,(H2,15,17)(H,16,18);1H.